The molecule has 2 aromatic rings. The molecule has 156 valence electrons. The molecule has 0 spiro atoms. The molecule has 2 aromatic carbocycles. The quantitative estimate of drug-likeness (QED) is 0.732. The number of ether oxygens (including phenoxy) is 1. The van der Waals surface area contributed by atoms with Crippen LogP contribution in [0, 0.1) is 0 Å². The molecule has 0 radical (unpaired) electrons. The summed E-state index contributed by atoms with van der Waals surface area (Å²) in [6.45, 7) is 5.20. The Bertz CT molecular complexity index is 829. The van der Waals surface area contributed by atoms with Crippen molar-refractivity contribution in [2.75, 3.05) is 5.32 Å². The normalized spacial score (nSPS) is 12.8. The number of anilines is 1. The van der Waals surface area contributed by atoms with E-state index in [1.165, 1.54) is 24.3 Å². The van der Waals surface area contributed by atoms with E-state index in [0.29, 0.717) is 11.3 Å². The van der Waals surface area contributed by atoms with E-state index in [4.69, 9.17) is 4.74 Å². The van der Waals surface area contributed by atoms with Crippen LogP contribution in [-0.4, -0.2) is 23.8 Å². The van der Waals surface area contributed by atoms with Crippen LogP contribution in [0.25, 0.3) is 0 Å². The van der Waals surface area contributed by atoms with Crippen LogP contribution in [0.5, 0.6) is 0 Å². The van der Waals surface area contributed by atoms with Gasteiger partial charge in [0.2, 0.25) is 5.91 Å². The highest BCUT2D eigenvalue weighted by Crippen LogP contribution is 2.32. The maximum Gasteiger partial charge on any atom is 0.412 e. The molecule has 29 heavy (non-hydrogen) atoms. The van der Waals surface area contributed by atoms with Crippen LogP contribution in [0.3, 0.4) is 0 Å². The van der Waals surface area contributed by atoms with Crippen LogP contribution < -0.4 is 10.6 Å². The number of hydrogen-bond donors (Lipinski definition) is 2. The Balaban J connectivity index is 1.98. The highest BCUT2D eigenvalue weighted by Gasteiger charge is 2.41. The molecule has 8 heteroatoms. The molecule has 1 unspecified atom stereocenters. The van der Waals surface area contributed by atoms with Gasteiger partial charge < -0.3 is 10.1 Å². The topological polar surface area (TPSA) is 67.4 Å². The Morgan fingerprint density at radius 2 is 1.55 bits per heavy atom. The van der Waals surface area contributed by atoms with Gasteiger partial charge in [0.1, 0.15) is 5.60 Å². The Morgan fingerprint density at radius 1 is 0.966 bits per heavy atom. The lowest BCUT2D eigenvalue weighted by atomic mass is 10.1. The minimum absolute atomic E-state index is 0.0368. The van der Waals surface area contributed by atoms with Crippen LogP contribution in [0.1, 0.15) is 37.9 Å². The molecule has 0 aliphatic carbocycles. The second-order valence-electron chi connectivity index (χ2n) is 7.45. The van der Waals surface area contributed by atoms with E-state index >= 15 is 0 Å². The summed E-state index contributed by atoms with van der Waals surface area (Å²) in [5.41, 5.74) is 0.271. The van der Waals surface area contributed by atoms with Crippen LogP contribution >= 0.6 is 0 Å². The lowest BCUT2D eigenvalue weighted by Crippen LogP contribution is -2.38. The zero-order chi connectivity index (χ0) is 21.7. The van der Waals surface area contributed by atoms with Crippen LogP contribution in [0.4, 0.5) is 23.7 Å². The van der Waals surface area contributed by atoms with E-state index in [0.717, 1.165) is 0 Å². The summed E-state index contributed by atoms with van der Waals surface area (Å²) in [6, 6.07) is 11.3. The van der Waals surface area contributed by atoms with Gasteiger partial charge in [0, 0.05) is 5.69 Å². The molecular formula is C21H23F3N2O3. The number of rotatable bonds is 5. The third kappa shape index (κ3) is 7.48. The minimum Gasteiger partial charge on any atom is -0.444 e. The maximum atomic E-state index is 13.3. The second kappa shape index (κ2) is 8.98. The van der Waals surface area contributed by atoms with Crippen molar-refractivity contribution in [1.82, 2.24) is 5.32 Å². The fourth-order valence-electron chi connectivity index (χ4n) is 2.52. The van der Waals surface area contributed by atoms with Crippen molar-refractivity contribution in [3.8, 4) is 0 Å². The van der Waals surface area contributed by atoms with Crippen molar-refractivity contribution in [2.24, 2.45) is 0 Å². The first-order valence-electron chi connectivity index (χ1n) is 8.94. The standard InChI is InChI=1S/C21H23F3N2O3/c1-20(2,3)29-19(28)25-16-11-9-14(10-12-16)13-17(27)26-18(21(22,23)24)15-7-5-4-6-8-15/h4-12,18H,13H2,1-3H3,(H,25,28)(H,26,27). The fraction of sp³-hybridized carbons (Fsp3) is 0.333. The van der Waals surface area contributed by atoms with E-state index in [1.807, 2.05) is 5.32 Å². The van der Waals surface area contributed by atoms with Gasteiger partial charge in [-0.3, -0.25) is 10.1 Å². The molecule has 5 nitrogen and oxygen atoms in total. The predicted molar refractivity (Wildman–Crippen MR) is 103 cm³/mol. The molecular weight excluding hydrogens is 385 g/mol. The molecule has 2 N–H and O–H groups in total. The number of halogens is 3. The van der Waals surface area contributed by atoms with E-state index in [1.54, 1.807) is 51.1 Å². The molecule has 2 amide bonds. The molecule has 0 aliphatic rings. The number of alkyl halides is 3. The fourth-order valence-corrected chi connectivity index (χ4v) is 2.52. The molecule has 0 fully saturated rings. The third-order valence-corrected chi connectivity index (χ3v) is 3.73. The number of carbonyl (C=O) groups excluding carboxylic acids is 2. The van der Waals surface area contributed by atoms with Gasteiger partial charge in [0.05, 0.1) is 6.42 Å². The van der Waals surface area contributed by atoms with Gasteiger partial charge in [-0.1, -0.05) is 42.5 Å². The first-order chi connectivity index (χ1) is 13.4. The first kappa shape index (κ1) is 22.3. The monoisotopic (exact) mass is 408 g/mol. The Labute approximate surface area is 167 Å². The SMILES string of the molecule is CC(C)(C)OC(=O)Nc1ccc(CC(=O)NC(c2ccccc2)C(F)(F)F)cc1. The summed E-state index contributed by atoms with van der Waals surface area (Å²) in [6.07, 6.45) is -5.47. The molecule has 0 saturated heterocycles. The summed E-state index contributed by atoms with van der Waals surface area (Å²) in [7, 11) is 0. The lowest BCUT2D eigenvalue weighted by molar-refractivity contribution is -0.163. The summed E-state index contributed by atoms with van der Waals surface area (Å²) >= 11 is 0. The van der Waals surface area contributed by atoms with Gasteiger partial charge in [-0.15, -0.1) is 0 Å². The van der Waals surface area contributed by atoms with Gasteiger partial charge in [0.15, 0.2) is 6.04 Å². The van der Waals surface area contributed by atoms with Gasteiger partial charge in [-0.2, -0.15) is 13.2 Å². The average Bonchev–Trinajstić information content (AvgIpc) is 2.59. The summed E-state index contributed by atoms with van der Waals surface area (Å²) in [5, 5.41) is 4.58. The number of carbonyl (C=O) groups is 2. The summed E-state index contributed by atoms with van der Waals surface area (Å²) in [5.74, 6) is -0.760. The zero-order valence-electron chi connectivity index (χ0n) is 16.3. The Morgan fingerprint density at radius 3 is 2.07 bits per heavy atom. The van der Waals surface area contributed by atoms with E-state index < -0.39 is 29.8 Å². The van der Waals surface area contributed by atoms with Crippen molar-refractivity contribution in [1.29, 1.82) is 0 Å². The molecule has 0 aliphatic heterocycles. The summed E-state index contributed by atoms with van der Waals surface area (Å²) < 4.78 is 45.1. The van der Waals surface area contributed by atoms with Crippen LogP contribution in [0.15, 0.2) is 54.6 Å². The molecule has 0 aromatic heterocycles. The largest absolute Gasteiger partial charge is 0.444 e. The smallest absolute Gasteiger partial charge is 0.412 e. The Kier molecular flexibility index (Phi) is 6.89. The van der Waals surface area contributed by atoms with Gasteiger partial charge in [-0.05, 0) is 44.0 Å². The molecule has 0 heterocycles. The lowest BCUT2D eigenvalue weighted by Gasteiger charge is -2.22. The number of nitrogens with one attached hydrogen (secondary N) is 2. The predicted octanol–water partition coefficient (Wildman–Crippen LogP) is 5.00. The van der Waals surface area contributed by atoms with Crippen molar-refractivity contribution in [3.63, 3.8) is 0 Å². The average molecular weight is 408 g/mol. The number of amides is 2. The summed E-state index contributed by atoms with van der Waals surface area (Å²) in [4.78, 5) is 23.9. The first-order valence-corrected chi connectivity index (χ1v) is 8.94. The number of hydrogen-bond acceptors (Lipinski definition) is 3. The van der Waals surface area contributed by atoms with Gasteiger partial charge in [-0.25, -0.2) is 4.79 Å². The number of benzene rings is 2. The Hall–Kier alpha value is -3.03. The van der Waals surface area contributed by atoms with Crippen molar-refractivity contribution >= 4 is 17.7 Å². The second-order valence-corrected chi connectivity index (χ2v) is 7.45. The minimum atomic E-state index is -4.61. The van der Waals surface area contributed by atoms with Crippen molar-refractivity contribution in [2.45, 2.75) is 45.0 Å². The molecule has 0 saturated carbocycles. The van der Waals surface area contributed by atoms with Crippen molar-refractivity contribution in [3.05, 3.63) is 65.7 Å². The molecule has 1 atom stereocenters. The van der Waals surface area contributed by atoms with Gasteiger partial charge in [0.25, 0.3) is 0 Å². The molecule has 0 bridgehead atoms. The molecule has 2 rings (SSSR count). The third-order valence-electron chi connectivity index (χ3n) is 3.73. The van der Waals surface area contributed by atoms with Crippen LogP contribution in [0.2, 0.25) is 0 Å². The van der Waals surface area contributed by atoms with Crippen molar-refractivity contribution < 1.29 is 27.5 Å². The van der Waals surface area contributed by atoms with Gasteiger partial charge >= 0.3 is 12.3 Å². The van der Waals surface area contributed by atoms with Crippen LogP contribution in [-0.2, 0) is 16.0 Å². The van der Waals surface area contributed by atoms with E-state index in [9.17, 15) is 22.8 Å². The highest BCUT2D eigenvalue weighted by atomic mass is 19.4. The van der Waals surface area contributed by atoms with E-state index in [-0.39, 0.29) is 12.0 Å². The highest BCUT2D eigenvalue weighted by molar-refractivity contribution is 5.85. The maximum absolute atomic E-state index is 13.3. The van der Waals surface area contributed by atoms with E-state index in [2.05, 4.69) is 5.32 Å². The zero-order valence-corrected chi connectivity index (χ0v) is 16.3.